The van der Waals surface area contributed by atoms with Gasteiger partial charge in [-0.3, -0.25) is 9.35 Å². The van der Waals surface area contributed by atoms with Gasteiger partial charge >= 0.3 is 5.97 Å². The largest absolute Gasteiger partial charge is 0.465 e. The molecule has 0 fully saturated rings. The Labute approximate surface area is 208 Å². The van der Waals surface area contributed by atoms with Gasteiger partial charge in [-0.25, -0.2) is 0 Å². The lowest BCUT2D eigenvalue weighted by atomic mass is 10.0. The molecule has 0 bridgehead atoms. The molecule has 6 nitrogen and oxygen atoms in total. The van der Waals surface area contributed by atoms with Gasteiger partial charge in [0.1, 0.15) is 6.04 Å². The lowest BCUT2D eigenvalue weighted by Crippen LogP contribution is -2.33. The topological polar surface area (TPSA) is 107 Å². The van der Waals surface area contributed by atoms with Crippen LogP contribution in [0.4, 0.5) is 0 Å². The Morgan fingerprint density at radius 3 is 1.74 bits per heavy atom. The summed E-state index contributed by atoms with van der Waals surface area (Å²) in [6.07, 6.45) is 16.5. The molecule has 3 N–H and O–H groups in total. The molecule has 1 aromatic carbocycles. The van der Waals surface area contributed by atoms with Crippen molar-refractivity contribution in [1.29, 1.82) is 0 Å². The number of carbonyl (C=O) groups is 1. The Morgan fingerprint density at radius 1 is 0.882 bits per heavy atom. The van der Waals surface area contributed by atoms with Gasteiger partial charge in [-0.1, -0.05) is 109 Å². The molecule has 0 radical (unpaired) electrons. The zero-order valence-corrected chi connectivity index (χ0v) is 22.7. The second kappa shape index (κ2) is 19.8. The Bertz CT molecular complexity index is 732. The van der Waals surface area contributed by atoms with E-state index in [9.17, 15) is 13.2 Å². The lowest BCUT2D eigenvalue weighted by Gasteiger charge is -2.13. The van der Waals surface area contributed by atoms with E-state index in [0.29, 0.717) is 18.9 Å². The van der Waals surface area contributed by atoms with E-state index in [2.05, 4.69) is 20.8 Å². The van der Waals surface area contributed by atoms with Crippen molar-refractivity contribution in [2.45, 2.75) is 122 Å². The highest BCUT2D eigenvalue weighted by atomic mass is 32.2. The van der Waals surface area contributed by atoms with Crippen LogP contribution in [0.2, 0.25) is 0 Å². The van der Waals surface area contributed by atoms with Crippen LogP contribution >= 0.6 is 0 Å². The number of hydrogen-bond acceptors (Lipinski definition) is 5. The van der Waals surface area contributed by atoms with Crippen molar-refractivity contribution in [3.05, 3.63) is 29.8 Å². The molecule has 0 aliphatic carbocycles. The van der Waals surface area contributed by atoms with Crippen molar-refractivity contribution >= 4 is 16.1 Å². The number of hydrogen-bond donors (Lipinski definition) is 2. The fraction of sp³-hybridized carbons (Fsp3) is 0.741. The van der Waals surface area contributed by atoms with Crippen LogP contribution < -0.4 is 5.73 Å². The third-order valence-corrected chi connectivity index (χ3v) is 6.46. The van der Waals surface area contributed by atoms with Crippen molar-refractivity contribution in [2.75, 3.05) is 6.61 Å². The summed E-state index contributed by atoms with van der Waals surface area (Å²) in [6, 6.07) is 5.54. The van der Waals surface area contributed by atoms with Crippen LogP contribution in [0.25, 0.3) is 0 Å². The van der Waals surface area contributed by atoms with E-state index >= 15 is 0 Å². The van der Waals surface area contributed by atoms with Gasteiger partial charge < -0.3 is 10.5 Å². The monoisotopic (exact) mass is 499 g/mol. The maximum absolute atomic E-state index is 11.6. The van der Waals surface area contributed by atoms with Gasteiger partial charge in [-0.2, -0.15) is 8.42 Å². The van der Waals surface area contributed by atoms with Gasteiger partial charge in [0.2, 0.25) is 0 Å². The molecule has 7 heteroatoms. The molecule has 0 aromatic heterocycles. The molecule has 0 aliphatic heterocycles. The molecule has 0 amide bonds. The first-order chi connectivity index (χ1) is 16.1. The summed E-state index contributed by atoms with van der Waals surface area (Å²) in [5.74, 6) is 0.200. The maximum Gasteiger partial charge on any atom is 0.322 e. The van der Waals surface area contributed by atoms with Crippen LogP contribution in [0.1, 0.15) is 110 Å². The fourth-order valence-electron chi connectivity index (χ4n) is 3.54. The highest BCUT2D eigenvalue weighted by molar-refractivity contribution is 7.85. The van der Waals surface area contributed by atoms with Crippen molar-refractivity contribution in [2.24, 2.45) is 11.7 Å². The zero-order chi connectivity index (χ0) is 25.8. The molecule has 198 valence electrons. The van der Waals surface area contributed by atoms with E-state index in [4.69, 9.17) is 15.0 Å². The molecule has 0 saturated carbocycles. The molecule has 0 heterocycles. The summed E-state index contributed by atoms with van der Waals surface area (Å²) in [5, 5.41) is 0. The van der Waals surface area contributed by atoms with Crippen LogP contribution in [0.5, 0.6) is 0 Å². The molecule has 1 atom stereocenters. The molecule has 1 rings (SSSR count). The molecular weight excluding hydrogens is 450 g/mol. The summed E-state index contributed by atoms with van der Waals surface area (Å²) in [5.41, 5.74) is 6.75. The third kappa shape index (κ3) is 18.9. The van der Waals surface area contributed by atoms with E-state index in [-0.39, 0.29) is 10.9 Å². The third-order valence-electron chi connectivity index (χ3n) is 5.59. The quantitative estimate of drug-likeness (QED) is 0.138. The second-order valence-electron chi connectivity index (χ2n) is 9.58. The average Bonchev–Trinajstić information content (AvgIpc) is 2.76. The van der Waals surface area contributed by atoms with Crippen LogP contribution in [0.3, 0.4) is 0 Å². The van der Waals surface area contributed by atoms with Crippen molar-refractivity contribution in [3.63, 3.8) is 0 Å². The van der Waals surface area contributed by atoms with Crippen molar-refractivity contribution in [1.82, 2.24) is 0 Å². The van der Waals surface area contributed by atoms with E-state index in [1.165, 1.54) is 76.3 Å². The number of unbranched alkanes of at least 4 members (excludes halogenated alkanes) is 11. The number of esters is 1. The number of aryl methyl sites for hydroxylation is 1. The molecule has 34 heavy (non-hydrogen) atoms. The second-order valence-corrected chi connectivity index (χ2v) is 11.0. The smallest absolute Gasteiger partial charge is 0.322 e. The van der Waals surface area contributed by atoms with E-state index < -0.39 is 16.2 Å². The van der Waals surface area contributed by atoms with Gasteiger partial charge in [-0.05, 0) is 37.8 Å². The summed E-state index contributed by atoms with van der Waals surface area (Å²) in [4.78, 5) is 11.6. The molecule has 1 aromatic rings. The van der Waals surface area contributed by atoms with Gasteiger partial charge in [0.25, 0.3) is 10.1 Å². The molecule has 0 unspecified atom stereocenters. The Balaban J connectivity index is 0.000000818. The summed E-state index contributed by atoms with van der Waals surface area (Å²) < 4.78 is 34.8. The van der Waals surface area contributed by atoms with Crippen LogP contribution in [-0.4, -0.2) is 31.6 Å². The number of carbonyl (C=O) groups excluding carboxylic acids is 1. The zero-order valence-electron chi connectivity index (χ0n) is 21.9. The molecule has 0 spiro atoms. The summed E-state index contributed by atoms with van der Waals surface area (Å²) in [6.45, 7) is 8.77. The van der Waals surface area contributed by atoms with Gasteiger partial charge in [-0.15, -0.1) is 0 Å². The van der Waals surface area contributed by atoms with Crippen LogP contribution in [0, 0.1) is 12.8 Å². The average molecular weight is 500 g/mol. The highest BCUT2D eigenvalue weighted by Crippen LogP contribution is 2.12. The van der Waals surface area contributed by atoms with Gasteiger partial charge in [0.05, 0.1) is 11.5 Å². The SMILES string of the molecule is CCCCCCCCCCCCCCOC(=O)[C@@H](N)CC(C)C.Cc1ccc(S(=O)(=O)O)cc1. The number of ether oxygens (including phenoxy) is 1. The molecular formula is C27H49NO5S. The standard InChI is InChI=1S/C20H41NO2.C7H8O3S/c1-4-5-6-7-8-9-10-11-12-13-14-15-16-23-20(22)19(21)17-18(2)3;1-6-2-4-7(5-3-6)11(8,9)10/h18-19H,4-17,21H2,1-3H3;2-5H,1H3,(H,8,9,10)/t19-;/m0./s1. The summed E-state index contributed by atoms with van der Waals surface area (Å²) in [7, 11) is -4.02. The lowest BCUT2D eigenvalue weighted by molar-refractivity contribution is -0.145. The minimum absolute atomic E-state index is 0.0666. The van der Waals surface area contributed by atoms with Gasteiger partial charge in [0.15, 0.2) is 0 Å². The Hall–Kier alpha value is -1.44. The Morgan fingerprint density at radius 2 is 1.32 bits per heavy atom. The molecule has 0 aliphatic rings. The minimum atomic E-state index is -4.02. The van der Waals surface area contributed by atoms with E-state index in [0.717, 1.165) is 18.4 Å². The summed E-state index contributed by atoms with van der Waals surface area (Å²) >= 11 is 0. The van der Waals surface area contributed by atoms with Gasteiger partial charge in [0, 0.05) is 0 Å². The predicted molar refractivity (Wildman–Crippen MR) is 140 cm³/mol. The van der Waals surface area contributed by atoms with Crippen molar-refractivity contribution < 1.29 is 22.5 Å². The van der Waals surface area contributed by atoms with E-state index in [1.54, 1.807) is 12.1 Å². The fourth-order valence-corrected chi connectivity index (χ4v) is 4.02. The van der Waals surface area contributed by atoms with E-state index in [1.807, 2.05) is 6.92 Å². The molecule has 0 saturated heterocycles. The number of benzene rings is 1. The first-order valence-electron chi connectivity index (χ1n) is 13.0. The highest BCUT2D eigenvalue weighted by Gasteiger charge is 2.15. The number of nitrogens with two attached hydrogens (primary N) is 1. The van der Waals surface area contributed by atoms with Crippen LogP contribution in [-0.2, 0) is 19.6 Å². The van der Waals surface area contributed by atoms with Crippen molar-refractivity contribution in [3.8, 4) is 0 Å². The normalized spacial score (nSPS) is 12.2. The predicted octanol–water partition coefficient (Wildman–Crippen LogP) is 6.85. The first kappa shape index (κ1) is 32.6. The first-order valence-corrected chi connectivity index (χ1v) is 14.5. The van der Waals surface area contributed by atoms with Crippen LogP contribution in [0.15, 0.2) is 29.2 Å². The Kier molecular flexibility index (Phi) is 19.0. The number of rotatable bonds is 17. The minimum Gasteiger partial charge on any atom is -0.465 e. The maximum atomic E-state index is 11.6.